The molecule has 734 valence electrons. The molecule has 16 rings (SSSR count). The maximum absolute atomic E-state index is 13.3. The molecule has 11 heterocycles. The third kappa shape index (κ3) is 24.2. The van der Waals surface area contributed by atoms with Gasteiger partial charge in [-0.2, -0.15) is 5.10 Å². The number of primary amides is 1. The Balaban J connectivity index is 0.000000158. The summed E-state index contributed by atoms with van der Waals surface area (Å²) in [5.41, 5.74) is 23.7. The van der Waals surface area contributed by atoms with Crippen molar-refractivity contribution < 1.29 is 158 Å². The van der Waals surface area contributed by atoms with Gasteiger partial charge in [-0.05, 0) is 89.7 Å². The number of nitrogens with one attached hydrogen (secondary N) is 5. The Morgan fingerprint density at radius 3 is 1.29 bits per heavy atom. The Morgan fingerprint density at radius 2 is 0.875 bits per heavy atom. The van der Waals surface area contributed by atoms with Crippen LogP contribution < -0.4 is 49.5 Å². The van der Waals surface area contributed by atoms with Gasteiger partial charge in [0.1, 0.15) is 137 Å². The highest BCUT2D eigenvalue weighted by Gasteiger charge is 2.50. The molecule has 0 radical (unpaired) electrons. The first-order valence-corrected chi connectivity index (χ1v) is 41.7. The summed E-state index contributed by atoms with van der Waals surface area (Å²) in [5.74, 6) is -5.72. The van der Waals surface area contributed by atoms with Crippen molar-refractivity contribution in [3.05, 3.63) is 201 Å². The number of aliphatic hydroxyl groups excluding tert-OH is 18. The summed E-state index contributed by atoms with van der Waals surface area (Å²) < 4.78 is 61.5. The second-order valence-corrected chi connectivity index (χ2v) is 31.8. The molecule has 136 heavy (non-hydrogen) atoms. The fourth-order valence-corrected chi connectivity index (χ4v) is 14.8. The minimum Gasteiger partial charge on any atom is -0.399 e. The van der Waals surface area contributed by atoms with Gasteiger partial charge in [0.2, 0.25) is 11.7 Å². The summed E-state index contributed by atoms with van der Waals surface area (Å²) in [7, 11) is 0. The maximum atomic E-state index is 13.3. The Bertz CT molecular complexity index is 5780. The SMILES string of the molecule is CC(=O)Nc1c(C(=O)Nc2cccc(F)c2)ncn1[C@@H]1O[C@H](CO)C(O)[C@@H]1O.NC(=O)c1cnn([C@@H]2O[C@H](CO)C(O)[C@@H]2O)c1.Nc1c(C(=O)Nc2cccc([N+](=O)[O-])c2)ncn1[C@@H]1O[C@H](CO)C(O)[C@@H]1O.Nc1cccc(NC(=O)c2ncn([C@@H]3O[C@H](CO)C(O)[C@@H]3O)c2N)c1.O=C(Nc1cccc(F)c1)c1ncn([C@@H]2C[C@H](CO)C(O)[C@@H]2O)n1.OC[C@H]1O[C@@H](n2cnc(I)c2)[C@@H](O)C1O. The molecular weight excluding hydrogens is 1930 g/mol. The number of benzene rings is 4. The maximum Gasteiger partial charge on any atom is 0.295 e. The van der Waals surface area contributed by atoms with E-state index in [2.05, 4.69) is 61.7 Å². The van der Waals surface area contributed by atoms with Gasteiger partial charge >= 0.3 is 0 Å². The predicted molar refractivity (Wildman–Crippen MR) is 465 cm³/mol. The number of nitrogen functional groups attached to an aromatic ring is 3. The Labute approximate surface area is 777 Å². The average Bonchev–Trinajstić information content (AvgIpc) is 1.82. The highest BCUT2D eigenvalue weighted by molar-refractivity contribution is 14.1. The van der Waals surface area contributed by atoms with Gasteiger partial charge in [-0.3, -0.25) is 52.6 Å². The van der Waals surface area contributed by atoms with Crippen molar-refractivity contribution in [3.8, 4) is 0 Å². The van der Waals surface area contributed by atoms with Crippen LogP contribution in [0.25, 0.3) is 0 Å². The van der Waals surface area contributed by atoms with E-state index < -0.39 is 225 Å². The normalized spacial score (nSPS) is 27.4. The van der Waals surface area contributed by atoms with Gasteiger partial charge in [-0.1, -0.05) is 24.3 Å². The number of aromatic nitrogens is 13. The lowest BCUT2D eigenvalue weighted by atomic mass is 10.1. The van der Waals surface area contributed by atoms with Crippen LogP contribution in [0.2, 0.25) is 0 Å². The number of halogens is 3. The zero-order chi connectivity index (χ0) is 99.1. The number of anilines is 8. The van der Waals surface area contributed by atoms with E-state index in [-0.39, 0.29) is 81.9 Å². The van der Waals surface area contributed by atoms with E-state index in [1.165, 1.54) is 117 Å². The highest BCUT2D eigenvalue weighted by atomic mass is 127. The molecule has 6 aromatic heterocycles. The van der Waals surface area contributed by atoms with E-state index in [1.54, 1.807) is 35.0 Å². The molecule has 24 atom stereocenters. The summed E-state index contributed by atoms with van der Waals surface area (Å²) in [5, 5.41) is 204. The number of rotatable bonds is 23. The van der Waals surface area contributed by atoms with Crippen molar-refractivity contribution in [1.82, 2.24) is 62.7 Å². The van der Waals surface area contributed by atoms with Crippen molar-refractivity contribution >= 4 is 110 Å². The fourth-order valence-electron chi connectivity index (χ4n) is 14.4. The van der Waals surface area contributed by atoms with Crippen LogP contribution in [0.5, 0.6) is 0 Å². The van der Waals surface area contributed by atoms with Crippen molar-refractivity contribution in [2.24, 2.45) is 11.7 Å². The second kappa shape index (κ2) is 46.3. The van der Waals surface area contributed by atoms with Crippen molar-refractivity contribution in [2.75, 3.05) is 83.4 Å². The van der Waals surface area contributed by atoms with Gasteiger partial charge in [0.15, 0.2) is 48.2 Å². The number of hydrogen-bond donors (Lipinski definition) is 27. The molecule has 5 aliphatic heterocycles. The van der Waals surface area contributed by atoms with Gasteiger partial charge in [-0.15, -0.1) is 5.10 Å². The van der Waals surface area contributed by atoms with Crippen LogP contribution in [0.3, 0.4) is 0 Å². The van der Waals surface area contributed by atoms with Crippen LogP contribution in [0, 0.1) is 31.4 Å². The molecule has 0 spiro atoms. The van der Waals surface area contributed by atoms with Crippen LogP contribution in [0.1, 0.15) is 103 Å². The minimum atomic E-state index is -1.43. The molecule has 1 aliphatic carbocycles. The molecule has 54 nitrogen and oxygen atoms in total. The van der Waals surface area contributed by atoms with Crippen molar-refractivity contribution in [3.63, 3.8) is 0 Å². The number of hydrogen-bond acceptors (Lipinski definition) is 41. The molecular formula is C79H96F2IN23O31. The molecule has 6 aliphatic rings. The first-order valence-electron chi connectivity index (χ1n) is 40.6. The third-order valence-electron chi connectivity index (χ3n) is 21.5. The monoisotopic (exact) mass is 2030 g/mol. The highest BCUT2D eigenvalue weighted by Crippen LogP contribution is 2.39. The number of nitrogens with two attached hydrogens (primary N) is 4. The van der Waals surface area contributed by atoms with Crippen LogP contribution in [-0.2, 0) is 28.5 Å². The van der Waals surface area contributed by atoms with E-state index in [9.17, 15) is 119 Å². The predicted octanol–water partition coefficient (Wildman–Crippen LogP) is -5.37. The molecule has 6 amide bonds. The molecule has 6 fully saturated rings. The number of nitro benzene ring substituents is 1. The van der Waals surface area contributed by atoms with Crippen molar-refractivity contribution in [1.29, 1.82) is 0 Å². The number of aliphatic hydroxyl groups is 18. The number of carbonyl (C=O) groups excluding carboxylic acids is 6. The quantitative estimate of drug-likeness (QED) is 0.0123. The van der Waals surface area contributed by atoms with E-state index in [0.717, 1.165) is 33.1 Å². The number of amides is 6. The van der Waals surface area contributed by atoms with E-state index in [4.69, 9.17) is 67.0 Å². The first-order chi connectivity index (χ1) is 64.7. The van der Waals surface area contributed by atoms with Crippen LogP contribution in [0.4, 0.5) is 60.4 Å². The zero-order valence-corrected chi connectivity index (χ0v) is 72.9. The molecule has 10 aromatic rings. The molecule has 5 saturated heterocycles. The Morgan fingerprint density at radius 1 is 0.463 bits per heavy atom. The number of non-ortho nitro benzene ring substituents is 1. The smallest absolute Gasteiger partial charge is 0.295 e. The molecule has 1 saturated carbocycles. The molecule has 6 unspecified atom stereocenters. The lowest BCUT2D eigenvalue weighted by molar-refractivity contribution is -0.384. The van der Waals surface area contributed by atoms with Crippen LogP contribution in [-0.4, -0.2) is 338 Å². The first kappa shape index (κ1) is 104. The Kier molecular flexibility index (Phi) is 35.3. The summed E-state index contributed by atoms with van der Waals surface area (Å²) in [6.07, 6.45) is -13.6. The number of nitrogens with zero attached hydrogens (tertiary/aromatic N) is 14. The van der Waals surface area contributed by atoms with Crippen LogP contribution in [0.15, 0.2) is 147 Å². The van der Waals surface area contributed by atoms with Crippen LogP contribution >= 0.6 is 22.6 Å². The van der Waals surface area contributed by atoms with E-state index >= 15 is 0 Å². The zero-order valence-electron chi connectivity index (χ0n) is 70.7. The number of imidazole rings is 4. The lowest BCUT2D eigenvalue weighted by Crippen LogP contribution is -2.33. The second-order valence-electron chi connectivity index (χ2n) is 30.7. The van der Waals surface area contributed by atoms with Gasteiger partial charge in [0, 0.05) is 72.4 Å². The summed E-state index contributed by atoms with van der Waals surface area (Å²) in [6.45, 7) is -1.29. The topological polar surface area (TPSA) is 840 Å². The molecule has 31 N–H and O–H groups in total. The van der Waals surface area contributed by atoms with Gasteiger partial charge < -0.3 is 170 Å². The average molecular weight is 2030 g/mol. The van der Waals surface area contributed by atoms with E-state index in [0.29, 0.717) is 17.8 Å². The number of ether oxygens (including phenoxy) is 5. The standard InChI is InChI=1S/C17H19FN4O6.C15H17FN4O4.C15H17N5O7.C15H19N5O5.C9H13N3O5.C8H11IN2O4/c1-8(24)20-15-12(16(27)21-10-4-2-3-9(18)5-10)19-7-22(15)17-14(26)13(25)11(6-23)28-17;16-9-2-1-3-10(5-9)18-15(24)14-17-7-20(19-14)11-4-8(6-21)12(22)13(11)23;16-13-10(14(24)18-7-2-1-3-8(4-7)20(25)26)17-6-19(13)15-12(23)11(22)9(5-21)27-15;16-7-2-1-3-8(4-7)19-14(24)10-13(17)20(6-18-10)15-12(23)11(22)9(5-21)25-15;10-8(16)4-1-11-12(2-4)9-7(15)6(14)5(3-13)17-9;9-5-1-11(3-10-5)8-7(14)6(13)4(2-12)15-8/h2-5,7,11,13-14,17,23,25-26H,6H2,1H3,(H,20,24)(H,21,27);1-3,5,7-8,11-13,21-23H,4,6H2,(H,18,24);1-4,6,9,11-12,15,21-23H,5,16H2,(H,18,24);1-4,6,9,11-12,15,21-23H,5,16-17H2,(H,19,24);1-2,5-7,9,13-15H,3H2,(H2,10,16);1,3-4,6-8,12-14H,2H2/t11-,13?,14+,17-;8-,11-,12?,13-;2*9-,11?,12+,15-;5-,6?,7+,9-;4-,6?,7+,8-/m111111/s1. The van der Waals surface area contributed by atoms with E-state index in [1.807, 2.05) is 22.6 Å². The summed E-state index contributed by atoms with van der Waals surface area (Å²) >= 11 is 2.03. The largest absolute Gasteiger partial charge is 0.399 e. The van der Waals surface area contributed by atoms with Gasteiger partial charge in [-0.25, -0.2) is 43.1 Å². The molecule has 0 bridgehead atoms. The summed E-state index contributed by atoms with van der Waals surface area (Å²) in [4.78, 5) is 102. The minimum absolute atomic E-state index is 0.0451. The Hall–Kier alpha value is -12.6. The molecule has 4 aromatic carbocycles. The lowest BCUT2D eigenvalue weighted by Gasteiger charge is -2.19. The third-order valence-corrected chi connectivity index (χ3v) is 22.1. The fraction of sp³-hybridized carbons (Fsp3) is 0.405. The molecule has 57 heteroatoms. The summed E-state index contributed by atoms with van der Waals surface area (Å²) in [6, 6.07) is 22.0. The van der Waals surface area contributed by atoms with Crippen molar-refractivity contribution in [2.45, 2.75) is 154 Å². The van der Waals surface area contributed by atoms with Gasteiger partial charge in [0.05, 0.1) is 87.2 Å². The number of carbonyl (C=O) groups is 6. The number of nitro groups is 1. The van der Waals surface area contributed by atoms with Gasteiger partial charge in [0.25, 0.3) is 35.2 Å².